The van der Waals surface area contributed by atoms with Crippen LogP contribution in [0.5, 0.6) is 5.75 Å². The molecule has 0 radical (unpaired) electrons. The summed E-state index contributed by atoms with van der Waals surface area (Å²) in [6, 6.07) is 7.99. The Balaban J connectivity index is 1.99. The number of nitro benzene ring substituents is 2. The molecule has 0 saturated heterocycles. The molecule has 10 heteroatoms. The molecule has 0 aliphatic rings. The van der Waals surface area contributed by atoms with E-state index in [2.05, 4.69) is 21.2 Å². The number of halogens is 1. The van der Waals surface area contributed by atoms with Gasteiger partial charge in [0.1, 0.15) is 5.75 Å². The van der Waals surface area contributed by atoms with Gasteiger partial charge in [-0.1, -0.05) is 0 Å². The number of anilines is 1. The fourth-order valence-electron chi connectivity index (χ4n) is 1.96. The number of nitro groups is 2. The minimum Gasteiger partial charge on any atom is -0.483 e. The Hall–Kier alpha value is -3.01. The highest BCUT2D eigenvalue weighted by Gasteiger charge is 2.13. The Morgan fingerprint density at radius 2 is 1.72 bits per heavy atom. The predicted molar refractivity (Wildman–Crippen MR) is 92.8 cm³/mol. The molecule has 0 bridgehead atoms. The first-order valence-electron chi connectivity index (χ1n) is 6.89. The van der Waals surface area contributed by atoms with Gasteiger partial charge in [-0.25, -0.2) is 0 Å². The molecule has 2 aromatic rings. The summed E-state index contributed by atoms with van der Waals surface area (Å²) in [4.78, 5) is 32.2. The average Bonchev–Trinajstić information content (AvgIpc) is 2.55. The largest absolute Gasteiger partial charge is 0.483 e. The van der Waals surface area contributed by atoms with E-state index in [0.29, 0.717) is 21.5 Å². The van der Waals surface area contributed by atoms with Crippen LogP contribution >= 0.6 is 15.9 Å². The van der Waals surface area contributed by atoms with E-state index >= 15 is 0 Å². The second-order valence-corrected chi connectivity index (χ2v) is 5.82. The molecule has 2 aromatic carbocycles. The standard InChI is InChI=1S/C15H12BrN3O6/c1-9-6-10(18(21)22)3-5-14(9)25-8-15(20)17-13-4-2-11(19(23)24)7-12(13)16/h2-7H,8H2,1H3,(H,17,20). The van der Waals surface area contributed by atoms with E-state index in [1.54, 1.807) is 6.92 Å². The summed E-state index contributed by atoms with van der Waals surface area (Å²) < 4.78 is 5.71. The second kappa shape index (κ2) is 7.71. The van der Waals surface area contributed by atoms with Crippen LogP contribution in [0.4, 0.5) is 17.1 Å². The van der Waals surface area contributed by atoms with Crippen molar-refractivity contribution >= 4 is 38.9 Å². The summed E-state index contributed by atoms with van der Waals surface area (Å²) in [5.74, 6) is -0.129. The van der Waals surface area contributed by atoms with Gasteiger partial charge in [0, 0.05) is 28.7 Å². The number of benzene rings is 2. The van der Waals surface area contributed by atoms with Crippen LogP contribution in [0, 0.1) is 27.2 Å². The van der Waals surface area contributed by atoms with E-state index in [9.17, 15) is 25.0 Å². The molecule has 0 atom stereocenters. The predicted octanol–water partition coefficient (Wildman–Crippen LogP) is 3.59. The third kappa shape index (κ3) is 4.73. The summed E-state index contributed by atoms with van der Waals surface area (Å²) in [5, 5.41) is 23.9. The molecule has 130 valence electrons. The lowest BCUT2D eigenvalue weighted by molar-refractivity contribution is -0.385. The lowest BCUT2D eigenvalue weighted by atomic mass is 10.2. The quantitative estimate of drug-likeness (QED) is 0.573. The summed E-state index contributed by atoms with van der Waals surface area (Å²) in [5.41, 5.74) is 0.713. The molecule has 0 aliphatic carbocycles. The number of nitrogens with one attached hydrogen (secondary N) is 1. The first-order chi connectivity index (χ1) is 11.8. The fourth-order valence-corrected chi connectivity index (χ4v) is 2.42. The second-order valence-electron chi connectivity index (χ2n) is 4.97. The number of carbonyl (C=O) groups is 1. The zero-order valence-corrected chi connectivity index (χ0v) is 14.5. The Labute approximate surface area is 150 Å². The molecule has 0 spiro atoms. The maximum Gasteiger partial charge on any atom is 0.270 e. The number of ether oxygens (including phenoxy) is 1. The highest BCUT2D eigenvalue weighted by molar-refractivity contribution is 9.10. The van der Waals surface area contributed by atoms with Gasteiger partial charge in [-0.05, 0) is 40.5 Å². The summed E-state index contributed by atoms with van der Waals surface area (Å²) in [6.45, 7) is 1.31. The van der Waals surface area contributed by atoms with Crippen molar-refractivity contribution in [3.05, 3.63) is 66.7 Å². The number of amides is 1. The third-order valence-electron chi connectivity index (χ3n) is 3.17. The Bertz CT molecular complexity index is 855. The van der Waals surface area contributed by atoms with Crippen LogP contribution in [0.1, 0.15) is 5.56 Å². The van der Waals surface area contributed by atoms with E-state index in [1.165, 1.54) is 36.4 Å². The third-order valence-corrected chi connectivity index (χ3v) is 3.82. The van der Waals surface area contributed by atoms with Gasteiger partial charge in [-0.3, -0.25) is 25.0 Å². The molecule has 0 unspecified atom stereocenters. The summed E-state index contributed by atoms with van der Waals surface area (Å²) in [7, 11) is 0. The molecule has 25 heavy (non-hydrogen) atoms. The number of aryl methyl sites for hydroxylation is 1. The van der Waals surface area contributed by atoms with Crippen LogP contribution in [0.3, 0.4) is 0 Å². The fraction of sp³-hybridized carbons (Fsp3) is 0.133. The number of hydrogen-bond donors (Lipinski definition) is 1. The number of carbonyl (C=O) groups excluding carboxylic acids is 1. The Morgan fingerprint density at radius 1 is 1.12 bits per heavy atom. The van der Waals surface area contributed by atoms with Gasteiger partial charge in [0.15, 0.2) is 6.61 Å². The van der Waals surface area contributed by atoms with Crippen molar-refractivity contribution in [1.29, 1.82) is 0 Å². The van der Waals surface area contributed by atoms with Crippen molar-refractivity contribution < 1.29 is 19.4 Å². The van der Waals surface area contributed by atoms with Gasteiger partial charge in [0.2, 0.25) is 0 Å². The van der Waals surface area contributed by atoms with Gasteiger partial charge >= 0.3 is 0 Å². The van der Waals surface area contributed by atoms with Crippen molar-refractivity contribution in [2.24, 2.45) is 0 Å². The maximum atomic E-state index is 11.9. The molecule has 0 fully saturated rings. The van der Waals surface area contributed by atoms with Crippen LogP contribution in [-0.4, -0.2) is 22.4 Å². The van der Waals surface area contributed by atoms with E-state index in [4.69, 9.17) is 4.74 Å². The van der Waals surface area contributed by atoms with Gasteiger partial charge in [-0.15, -0.1) is 0 Å². The molecule has 0 heterocycles. The van der Waals surface area contributed by atoms with Crippen molar-refractivity contribution in [1.82, 2.24) is 0 Å². The molecular formula is C15H12BrN3O6. The number of rotatable bonds is 6. The zero-order valence-electron chi connectivity index (χ0n) is 12.9. The van der Waals surface area contributed by atoms with Gasteiger partial charge < -0.3 is 10.1 Å². The van der Waals surface area contributed by atoms with Gasteiger partial charge in [0.25, 0.3) is 17.3 Å². The minimum absolute atomic E-state index is 0.0656. The monoisotopic (exact) mass is 409 g/mol. The molecular weight excluding hydrogens is 398 g/mol. The number of non-ortho nitro benzene ring substituents is 2. The number of hydrogen-bond acceptors (Lipinski definition) is 6. The van der Waals surface area contributed by atoms with Crippen molar-refractivity contribution in [3.63, 3.8) is 0 Å². The molecule has 2 rings (SSSR count). The smallest absolute Gasteiger partial charge is 0.270 e. The van der Waals surface area contributed by atoms with Crippen LogP contribution < -0.4 is 10.1 Å². The highest BCUT2D eigenvalue weighted by Crippen LogP contribution is 2.27. The highest BCUT2D eigenvalue weighted by atomic mass is 79.9. The molecule has 1 N–H and O–H groups in total. The average molecular weight is 410 g/mol. The van der Waals surface area contributed by atoms with Crippen LogP contribution in [0.2, 0.25) is 0 Å². The normalized spacial score (nSPS) is 10.2. The summed E-state index contributed by atoms with van der Waals surface area (Å²) in [6.07, 6.45) is 0. The van der Waals surface area contributed by atoms with Crippen LogP contribution in [-0.2, 0) is 4.79 Å². The maximum absolute atomic E-state index is 11.9. The van der Waals surface area contributed by atoms with Crippen molar-refractivity contribution in [2.45, 2.75) is 6.92 Å². The summed E-state index contributed by atoms with van der Waals surface area (Å²) >= 11 is 3.15. The lowest BCUT2D eigenvalue weighted by Crippen LogP contribution is -2.20. The van der Waals surface area contributed by atoms with E-state index < -0.39 is 15.8 Å². The molecule has 1 amide bonds. The molecule has 0 aliphatic heterocycles. The Kier molecular flexibility index (Phi) is 5.65. The van der Waals surface area contributed by atoms with E-state index in [-0.39, 0.29) is 18.0 Å². The molecule has 0 aromatic heterocycles. The zero-order chi connectivity index (χ0) is 18.6. The van der Waals surface area contributed by atoms with Crippen LogP contribution in [0.15, 0.2) is 40.9 Å². The SMILES string of the molecule is Cc1cc([N+](=O)[O-])ccc1OCC(=O)Nc1ccc([N+](=O)[O-])cc1Br. The van der Waals surface area contributed by atoms with Crippen molar-refractivity contribution in [3.8, 4) is 5.75 Å². The lowest BCUT2D eigenvalue weighted by Gasteiger charge is -2.10. The molecule has 9 nitrogen and oxygen atoms in total. The van der Waals surface area contributed by atoms with Gasteiger partial charge in [-0.2, -0.15) is 0 Å². The topological polar surface area (TPSA) is 125 Å². The first kappa shape index (κ1) is 18.3. The Morgan fingerprint density at radius 3 is 2.28 bits per heavy atom. The minimum atomic E-state index is -0.545. The van der Waals surface area contributed by atoms with Gasteiger partial charge in [0.05, 0.1) is 15.5 Å². The van der Waals surface area contributed by atoms with E-state index in [0.717, 1.165) is 0 Å². The first-order valence-corrected chi connectivity index (χ1v) is 7.69. The van der Waals surface area contributed by atoms with Crippen molar-refractivity contribution in [2.75, 3.05) is 11.9 Å². The van der Waals surface area contributed by atoms with E-state index in [1.807, 2.05) is 0 Å². The molecule has 0 saturated carbocycles. The van der Waals surface area contributed by atoms with Crippen LogP contribution in [0.25, 0.3) is 0 Å². The number of nitrogens with zero attached hydrogens (tertiary/aromatic N) is 2.